The zero-order valence-corrected chi connectivity index (χ0v) is 11.9. The van der Waals surface area contributed by atoms with Crippen LogP contribution < -0.4 is 10.6 Å². The van der Waals surface area contributed by atoms with Gasteiger partial charge in [0, 0.05) is 25.8 Å². The number of rotatable bonds is 2. The van der Waals surface area contributed by atoms with Crippen LogP contribution >= 0.6 is 0 Å². The van der Waals surface area contributed by atoms with E-state index in [-0.39, 0.29) is 11.8 Å². The molecule has 0 aromatic carbocycles. The van der Waals surface area contributed by atoms with E-state index in [1.54, 1.807) is 11.0 Å². The van der Waals surface area contributed by atoms with Gasteiger partial charge in [-0.3, -0.25) is 14.9 Å². The molecule has 21 heavy (non-hydrogen) atoms. The molecule has 2 aliphatic rings. The van der Waals surface area contributed by atoms with Crippen LogP contribution in [-0.2, 0) is 11.3 Å². The predicted molar refractivity (Wildman–Crippen MR) is 74.6 cm³/mol. The van der Waals surface area contributed by atoms with Crippen LogP contribution in [0.5, 0.6) is 0 Å². The van der Waals surface area contributed by atoms with Crippen LogP contribution in [0.2, 0.25) is 0 Å². The van der Waals surface area contributed by atoms with E-state index in [0.717, 1.165) is 6.54 Å². The van der Waals surface area contributed by atoms with Gasteiger partial charge in [-0.2, -0.15) is 0 Å². The molecule has 2 saturated heterocycles. The first-order chi connectivity index (χ1) is 10.1. The second kappa shape index (κ2) is 4.91. The Morgan fingerprint density at radius 2 is 2.05 bits per heavy atom. The third-order valence-corrected chi connectivity index (χ3v) is 4.31. The number of urea groups is 1. The van der Waals surface area contributed by atoms with Gasteiger partial charge >= 0.3 is 6.03 Å². The van der Waals surface area contributed by atoms with E-state index in [0.29, 0.717) is 31.6 Å². The van der Waals surface area contributed by atoms with Gasteiger partial charge in [-0.15, -0.1) is 0 Å². The van der Waals surface area contributed by atoms with E-state index < -0.39 is 11.6 Å². The van der Waals surface area contributed by atoms with E-state index in [1.165, 1.54) is 0 Å². The molecule has 1 aromatic rings. The van der Waals surface area contributed by atoms with Crippen LogP contribution in [0.4, 0.5) is 4.79 Å². The van der Waals surface area contributed by atoms with Crippen molar-refractivity contribution in [2.45, 2.75) is 31.8 Å². The van der Waals surface area contributed by atoms with Crippen LogP contribution in [0.15, 0.2) is 18.3 Å². The van der Waals surface area contributed by atoms with Crippen molar-refractivity contribution >= 4 is 17.8 Å². The molecule has 2 N–H and O–H groups in total. The fraction of sp³-hybridized carbons (Fsp3) is 0.500. The van der Waals surface area contributed by atoms with Crippen LogP contribution in [0.1, 0.15) is 30.3 Å². The standard InChI is InChI=1S/C14H18N4O3/c1-2-17-7-3-4-10(17)11(19)18-8-5-14(6-9-18)12(20)15-13(21)16-14/h3-4,7H,2,5-6,8-9H2,1H3,(H2,15,16,20,21). The monoisotopic (exact) mass is 290 g/mol. The van der Waals surface area contributed by atoms with E-state index >= 15 is 0 Å². The Balaban J connectivity index is 1.70. The number of carbonyl (C=O) groups is 3. The maximum Gasteiger partial charge on any atom is 0.322 e. The number of likely N-dealkylation sites (tertiary alicyclic amines) is 1. The molecule has 0 atom stereocenters. The molecule has 0 bridgehead atoms. The first-order valence-electron chi connectivity index (χ1n) is 7.14. The van der Waals surface area contributed by atoms with Crippen molar-refractivity contribution in [2.24, 2.45) is 0 Å². The summed E-state index contributed by atoms with van der Waals surface area (Å²) < 4.78 is 1.90. The zero-order chi connectivity index (χ0) is 15.0. The topological polar surface area (TPSA) is 83.4 Å². The summed E-state index contributed by atoms with van der Waals surface area (Å²) >= 11 is 0. The fourth-order valence-corrected chi connectivity index (χ4v) is 3.02. The summed E-state index contributed by atoms with van der Waals surface area (Å²) in [4.78, 5) is 37.4. The molecule has 2 aliphatic heterocycles. The Hall–Kier alpha value is -2.31. The van der Waals surface area contributed by atoms with Gasteiger partial charge in [-0.05, 0) is 31.9 Å². The Morgan fingerprint density at radius 3 is 2.62 bits per heavy atom. The van der Waals surface area contributed by atoms with Crippen LogP contribution in [-0.4, -0.2) is 45.9 Å². The minimum absolute atomic E-state index is 0.0265. The Labute approximate surface area is 122 Å². The quantitative estimate of drug-likeness (QED) is 0.770. The molecule has 112 valence electrons. The Bertz CT molecular complexity index is 599. The van der Waals surface area contributed by atoms with Crippen molar-refractivity contribution in [3.8, 4) is 0 Å². The Kier molecular flexibility index (Phi) is 3.19. The van der Waals surface area contributed by atoms with Crippen molar-refractivity contribution in [1.82, 2.24) is 20.1 Å². The highest BCUT2D eigenvalue weighted by atomic mass is 16.2. The maximum absolute atomic E-state index is 12.5. The van der Waals surface area contributed by atoms with Crippen molar-refractivity contribution in [3.63, 3.8) is 0 Å². The summed E-state index contributed by atoms with van der Waals surface area (Å²) in [5.74, 6) is -0.307. The van der Waals surface area contributed by atoms with Gasteiger partial charge in [-0.1, -0.05) is 0 Å². The summed E-state index contributed by atoms with van der Waals surface area (Å²) in [6.07, 6.45) is 2.77. The van der Waals surface area contributed by atoms with Gasteiger partial charge in [-0.25, -0.2) is 4.79 Å². The molecule has 2 fully saturated rings. The molecule has 0 radical (unpaired) electrons. The Morgan fingerprint density at radius 1 is 1.33 bits per heavy atom. The lowest BCUT2D eigenvalue weighted by Gasteiger charge is -2.37. The molecular formula is C14H18N4O3. The average Bonchev–Trinajstić information content (AvgIpc) is 3.04. The van der Waals surface area contributed by atoms with Gasteiger partial charge in [0.25, 0.3) is 11.8 Å². The van der Waals surface area contributed by atoms with Gasteiger partial charge < -0.3 is 14.8 Å². The first-order valence-corrected chi connectivity index (χ1v) is 7.14. The minimum atomic E-state index is -0.833. The van der Waals surface area contributed by atoms with Gasteiger partial charge in [0.05, 0.1) is 0 Å². The largest absolute Gasteiger partial charge is 0.344 e. The second-order valence-electron chi connectivity index (χ2n) is 5.46. The fourth-order valence-electron chi connectivity index (χ4n) is 3.02. The summed E-state index contributed by atoms with van der Waals surface area (Å²) in [5, 5.41) is 4.96. The van der Waals surface area contributed by atoms with Crippen molar-refractivity contribution < 1.29 is 14.4 Å². The van der Waals surface area contributed by atoms with E-state index in [1.807, 2.05) is 23.8 Å². The first kappa shape index (κ1) is 13.7. The smallest absolute Gasteiger partial charge is 0.322 e. The van der Waals surface area contributed by atoms with Gasteiger partial charge in [0.2, 0.25) is 0 Å². The minimum Gasteiger partial charge on any atom is -0.344 e. The number of aryl methyl sites for hydroxylation is 1. The molecule has 0 saturated carbocycles. The molecule has 1 spiro atoms. The number of piperidine rings is 1. The number of hydrogen-bond donors (Lipinski definition) is 2. The number of nitrogens with zero attached hydrogens (tertiary/aromatic N) is 2. The molecule has 7 heteroatoms. The lowest BCUT2D eigenvalue weighted by molar-refractivity contribution is -0.125. The number of amides is 4. The normalized spacial score (nSPS) is 20.5. The number of carbonyl (C=O) groups excluding carboxylic acids is 3. The SMILES string of the molecule is CCn1cccc1C(=O)N1CCC2(CC1)NC(=O)NC2=O. The molecule has 1 aromatic heterocycles. The van der Waals surface area contributed by atoms with Crippen LogP contribution in [0.25, 0.3) is 0 Å². The third-order valence-electron chi connectivity index (χ3n) is 4.31. The molecule has 3 heterocycles. The summed E-state index contributed by atoms with van der Waals surface area (Å²) in [6.45, 7) is 3.65. The molecule has 4 amide bonds. The van der Waals surface area contributed by atoms with Gasteiger partial charge in [0.15, 0.2) is 0 Å². The lowest BCUT2D eigenvalue weighted by atomic mass is 9.87. The third kappa shape index (κ3) is 2.18. The molecule has 0 aliphatic carbocycles. The molecular weight excluding hydrogens is 272 g/mol. The maximum atomic E-state index is 12.5. The highest BCUT2D eigenvalue weighted by Crippen LogP contribution is 2.26. The van der Waals surface area contributed by atoms with E-state index in [2.05, 4.69) is 10.6 Å². The number of imide groups is 1. The molecule has 0 unspecified atom stereocenters. The van der Waals surface area contributed by atoms with E-state index in [9.17, 15) is 14.4 Å². The summed E-state index contributed by atoms with van der Waals surface area (Å²) in [6, 6.07) is 3.22. The van der Waals surface area contributed by atoms with Crippen molar-refractivity contribution in [3.05, 3.63) is 24.0 Å². The zero-order valence-electron chi connectivity index (χ0n) is 11.9. The number of nitrogens with one attached hydrogen (secondary N) is 2. The van der Waals surface area contributed by atoms with Crippen molar-refractivity contribution in [2.75, 3.05) is 13.1 Å². The van der Waals surface area contributed by atoms with E-state index in [4.69, 9.17) is 0 Å². The van der Waals surface area contributed by atoms with Gasteiger partial charge in [0.1, 0.15) is 11.2 Å². The average molecular weight is 290 g/mol. The lowest BCUT2D eigenvalue weighted by Crippen LogP contribution is -2.55. The summed E-state index contributed by atoms with van der Waals surface area (Å²) in [7, 11) is 0. The highest BCUT2D eigenvalue weighted by molar-refractivity contribution is 6.07. The van der Waals surface area contributed by atoms with Crippen LogP contribution in [0, 0.1) is 0 Å². The van der Waals surface area contributed by atoms with Crippen molar-refractivity contribution in [1.29, 1.82) is 0 Å². The number of aromatic nitrogens is 1. The molecule has 3 rings (SSSR count). The second-order valence-corrected chi connectivity index (χ2v) is 5.46. The van der Waals surface area contributed by atoms with Crippen LogP contribution in [0.3, 0.4) is 0 Å². The molecule has 7 nitrogen and oxygen atoms in total. The predicted octanol–water partition coefficient (Wildman–Crippen LogP) is 0.322. The summed E-state index contributed by atoms with van der Waals surface area (Å²) in [5.41, 5.74) is -0.172. The number of hydrogen-bond acceptors (Lipinski definition) is 3. The highest BCUT2D eigenvalue weighted by Gasteiger charge is 2.48.